The molecule has 0 aromatic rings. The molecular weight excluding hydrogens is 865 g/mol. The van der Waals surface area contributed by atoms with Crippen molar-refractivity contribution >= 4 is 17.9 Å². The van der Waals surface area contributed by atoms with Crippen molar-refractivity contribution in [2.75, 3.05) is 13.2 Å². The lowest BCUT2D eigenvalue weighted by atomic mass is 10.0. The third kappa shape index (κ3) is 56.3. The van der Waals surface area contributed by atoms with Crippen molar-refractivity contribution in [2.45, 2.75) is 329 Å². The fraction of sp³-hybridized carbons (Fsp3) is 0.828. The minimum atomic E-state index is -0.783. The topological polar surface area (TPSA) is 78.9 Å². The van der Waals surface area contributed by atoms with E-state index in [1.54, 1.807) is 0 Å². The maximum Gasteiger partial charge on any atom is 0.306 e. The lowest BCUT2D eigenvalue weighted by Crippen LogP contribution is -2.30. The van der Waals surface area contributed by atoms with Crippen LogP contribution in [0.15, 0.2) is 48.6 Å². The van der Waals surface area contributed by atoms with E-state index in [1.807, 2.05) is 0 Å². The van der Waals surface area contributed by atoms with E-state index in [1.165, 1.54) is 199 Å². The van der Waals surface area contributed by atoms with Crippen molar-refractivity contribution in [1.82, 2.24) is 0 Å². The molecule has 0 saturated carbocycles. The smallest absolute Gasteiger partial charge is 0.306 e. The Labute approximate surface area is 435 Å². The van der Waals surface area contributed by atoms with E-state index in [0.717, 1.165) is 83.5 Å². The number of unbranched alkanes of at least 4 members (excludes halogenated alkanes) is 37. The van der Waals surface area contributed by atoms with Crippen LogP contribution >= 0.6 is 0 Å². The second-order valence-corrected chi connectivity index (χ2v) is 20.6. The van der Waals surface area contributed by atoms with Gasteiger partial charge in [0.1, 0.15) is 13.2 Å². The highest BCUT2D eigenvalue weighted by Gasteiger charge is 2.19. The fourth-order valence-corrected chi connectivity index (χ4v) is 8.96. The van der Waals surface area contributed by atoms with Crippen molar-refractivity contribution in [2.24, 2.45) is 0 Å². The Kier molecular flexibility index (Phi) is 56.7. The third-order valence-corrected chi connectivity index (χ3v) is 13.6. The molecule has 0 aliphatic rings. The molecule has 0 aromatic heterocycles. The van der Waals surface area contributed by atoms with Gasteiger partial charge in [-0.25, -0.2) is 0 Å². The van der Waals surface area contributed by atoms with Crippen molar-refractivity contribution in [3.8, 4) is 0 Å². The molecular formula is C64H116O6. The number of esters is 3. The van der Waals surface area contributed by atoms with Crippen molar-refractivity contribution in [1.29, 1.82) is 0 Å². The van der Waals surface area contributed by atoms with E-state index in [0.29, 0.717) is 19.3 Å². The molecule has 0 N–H and O–H groups in total. The summed E-state index contributed by atoms with van der Waals surface area (Å²) in [7, 11) is 0. The van der Waals surface area contributed by atoms with Crippen LogP contribution < -0.4 is 0 Å². The summed E-state index contributed by atoms with van der Waals surface area (Å²) in [4.78, 5) is 38.2. The van der Waals surface area contributed by atoms with Crippen LogP contribution in [0.1, 0.15) is 323 Å². The summed E-state index contributed by atoms with van der Waals surface area (Å²) < 4.78 is 16.9. The van der Waals surface area contributed by atoms with Gasteiger partial charge in [-0.2, -0.15) is 0 Å². The Morgan fingerprint density at radius 3 is 0.829 bits per heavy atom. The standard InChI is InChI=1S/C64H116O6/c1-4-7-10-13-16-19-22-25-28-31-32-34-36-39-42-45-48-51-54-57-63(66)69-60-61(59-68-62(65)56-53-50-47-44-41-38-35-30-27-24-21-18-15-12-9-6-3)70-64(67)58-55-52-49-46-43-40-37-33-29-26-23-20-17-14-11-8-5-2/h16,19,25,28,32,34,39,42,61H,4-15,17-18,20-24,26-27,29-31,33,35-38,40-41,43-60H2,1-3H3/b19-16+,28-25+,34-32+,42-39+/t61-/m1/s1. The Balaban J connectivity index is 4.39. The highest BCUT2D eigenvalue weighted by molar-refractivity contribution is 5.71. The van der Waals surface area contributed by atoms with Crippen molar-refractivity contribution < 1.29 is 28.6 Å². The second kappa shape index (κ2) is 58.9. The van der Waals surface area contributed by atoms with Gasteiger partial charge in [-0.05, 0) is 64.2 Å². The van der Waals surface area contributed by atoms with Crippen molar-refractivity contribution in [3.05, 3.63) is 48.6 Å². The van der Waals surface area contributed by atoms with E-state index in [-0.39, 0.29) is 31.1 Å². The molecule has 6 nitrogen and oxygen atoms in total. The molecule has 0 radical (unpaired) electrons. The molecule has 70 heavy (non-hydrogen) atoms. The van der Waals surface area contributed by atoms with Gasteiger partial charge in [0.2, 0.25) is 0 Å². The highest BCUT2D eigenvalue weighted by Crippen LogP contribution is 2.17. The summed E-state index contributed by atoms with van der Waals surface area (Å²) in [5, 5.41) is 0. The van der Waals surface area contributed by atoms with Crippen LogP contribution in [0, 0.1) is 0 Å². The largest absolute Gasteiger partial charge is 0.462 e. The normalized spacial score (nSPS) is 12.3. The number of carbonyl (C=O) groups excluding carboxylic acids is 3. The van der Waals surface area contributed by atoms with Gasteiger partial charge in [0.15, 0.2) is 6.10 Å². The Bertz CT molecular complexity index is 1220. The number of allylic oxidation sites excluding steroid dienone is 8. The summed E-state index contributed by atoms with van der Waals surface area (Å²) in [5.41, 5.74) is 0. The van der Waals surface area contributed by atoms with Gasteiger partial charge < -0.3 is 14.2 Å². The minimum absolute atomic E-state index is 0.0785. The van der Waals surface area contributed by atoms with Crippen LogP contribution in [0.4, 0.5) is 0 Å². The first-order valence-corrected chi connectivity index (χ1v) is 30.6. The van der Waals surface area contributed by atoms with E-state index < -0.39 is 6.10 Å². The van der Waals surface area contributed by atoms with Gasteiger partial charge in [0, 0.05) is 19.3 Å². The van der Waals surface area contributed by atoms with Gasteiger partial charge >= 0.3 is 17.9 Å². The summed E-state index contributed by atoms with van der Waals surface area (Å²) in [6.07, 6.45) is 72.4. The zero-order valence-corrected chi connectivity index (χ0v) is 46.8. The monoisotopic (exact) mass is 981 g/mol. The van der Waals surface area contributed by atoms with Crippen LogP contribution in [-0.2, 0) is 28.6 Å². The molecule has 0 aliphatic carbocycles. The van der Waals surface area contributed by atoms with Gasteiger partial charge in [-0.3, -0.25) is 14.4 Å². The molecule has 0 aliphatic heterocycles. The Hall–Kier alpha value is -2.63. The molecule has 0 aromatic carbocycles. The van der Waals surface area contributed by atoms with E-state index in [9.17, 15) is 14.4 Å². The minimum Gasteiger partial charge on any atom is -0.462 e. The Morgan fingerprint density at radius 1 is 0.286 bits per heavy atom. The average molecular weight is 982 g/mol. The lowest BCUT2D eigenvalue weighted by molar-refractivity contribution is -0.167. The SMILES string of the molecule is CCCCC/C=C/C/C=C/C/C=C/C/C=C/CCCCCC(=O)OC[C@@H](COC(=O)CCCCCCCCCCCCCCCCCC)OC(=O)CCCCCCCCCCCCCCCCCCC. The van der Waals surface area contributed by atoms with Crippen LogP contribution in [0.25, 0.3) is 0 Å². The van der Waals surface area contributed by atoms with Crippen LogP contribution in [0.5, 0.6) is 0 Å². The highest BCUT2D eigenvalue weighted by atomic mass is 16.6. The molecule has 0 bridgehead atoms. The van der Waals surface area contributed by atoms with Gasteiger partial charge in [-0.15, -0.1) is 0 Å². The number of hydrogen-bond acceptors (Lipinski definition) is 6. The zero-order chi connectivity index (χ0) is 50.7. The lowest BCUT2D eigenvalue weighted by Gasteiger charge is -2.18. The first-order valence-electron chi connectivity index (χ1n) is 30.6. The molecule has 0 rings (SSSR count). The molecule has 0 heterocycles. The Morgan fingerprint density at radius 2 is 0.514 bits per heavy atom. The van der Waals surface area contributed by atoms with E-state index >= 15 is 0 Å². The average Bonchev–Trinajstić information content (AvgIpc) is 3.36. The van der Waals surface area contributed by atoms with Crippen LogP contribution in [0.3, 0.4) is 0 Å². The van der Waals surface area contributed by atoms with Crippen LogP contribution in [-0.4, -0.2) is 37.2 Å². The van der Waals surface area contributed by atoms with Crippen LogP contribution in [0.2, 0.25) is 0 Å². The molecule has 1 atom stereocenters. The number of carbonyl (C=O) groups is 3. The van der Waals surface area contributed by atoms with E-state index in [2.05, 4.69) is 69.4 Å². The maximum absolute atomic E-state index is 12.9. The summed E-state index contributed by atoms with van der Waals surface area (Å²) >= 11 is 0. The molecule has 0 unspecified atom stereocenters. The second-order valence-electron chi connectivity index (χ2n) is 20.6. The quantitative estimate of drug-likeness (QED) is 0.0261. The molecule has 0 amide bonds. The van der Waals surface area contributed by atoms with E-state index in [4.69, 9.17) is 14.2 Å². The number of ether oxygens (including phenoxy) is 3. The summed E-state index contributed by atoms with van der Waals surface area (Å²) in [5.74, 6) is -0.890. The van der Waals surface area contributed by atoms with Crippen molar-refractivity contribution in [3.63, 3.8) is 0 Å². The van der Waals surface area contributed by atoms with Gasteiger partial charge in [-0.1, -0.05) is 288 Å². The molecule has 0 saturated heterocycles. The van der Waals surface area contributed by atoms with Gasteiger partial charge in [0.25, 0.3) is 0 Å². The molecule has 0 fully saturated rings. The number of hydrogen-bond donors (Lipinski definition) is 0. The zero-order valence-electron chi connectivity index (χ0n) is 46.8. The maximum atomic E-state index is 12.9. The summed E-state index contributed by atoms with van der Waals surface area (Å²) in [6, 6.07) is 0. The first kappa shape index (κ1) is 67.4. The van der Waals surface area contributed by atoms with Gasteiger partial charge in [0.05, 0.1) is 0 Å². The number of rotatable bonds is 56. The third-order valence-electron chi connectivity index (χ3n) is 13.6. The molecule has 0 spiro atoms. The summed E-state index contributed by atoms with van der Waals surface area (Å²) in [6.45, 7) is 6.64. The predicted octanol–water partition coefficient (Wildman–Crippen LogP) is 20.6. The predicted molar refractivity (Wildman–Crippen MR) is 302 cm³/mol. The molecule has 408 valence electrons. The molecule has 6 heteroatoms. The fourth-order valence-electron chi connectivity index (χ4n) is 8.96. The first-order chi connectivity index (χ1) is 34.5.